The number of benzene rings is 4. The Balaban J connectivity index is 0.903. The smallest absolute Gasteiger partial charge is 0.343 e. The Morgan fingerprint density at radius 2 is 1.23 bits per heavy atom. The lowest BCUT2D eigenvalue weighted by atomic mass is 10.1. The maximum absolute atomic E-state index is 13.8. The number of fused-ring (bicyclic) bond motifs is 1. The maximum Gasteiger partial charge on any atom is 0.343 e. The molecule has 4 unspecified atom stereocenters. The molecule has 0 spiro atoms. The van der Waals surface area contributed by atoms with Crippen molar-refractivity contribution in [3.63, 3.8) is 0 Å². The van der Waals surface area contributed by atoms with Crippen molar-refractivity contribution in [2.24, 2.45) is 5.10 Å². The lowest BCUT2D eigenvalue weighted by molar-refractivity contribution is -0.0458. The molecule has 5 aromatic rings. The van der Waals surface area contributed by atoms with Crippen molar-refractivity contribution >= 4 is 44.8 Å². The average Bonchev–Trinajstić information content (AvgIpc) is 4.07. The van der Waals surface area contributed by atoms with Crippen molar-refractivity contribution in [2.45, 2.75) is 44.9 Å². The first-order chi connectivity index (χ1) is 31.9. The van der Waals surface area contributed by atoms with Gasteiger partial charge in [-0.1, -0.05) is 36.5 Å². The average molecular weight is 916 g/mol. The van der Waals surface area contributed by atoms with E-state index < -0.39 is 11.9 Å². The molecule has 19 nitrogen and oxygen atoms in total. The molecule has 4 aliphatic heterocycles. The van der Waals surface area contributed by atoms with Gasteiger partial charge in [0.25, 0.3) is 0 Å². The van der Waals surface area contributed by atoms with Gasteiger partial charge in [0.15, 0.2) is 75.3 Å². The van der Waals surface area contributed by atoms with Gasteiger partial charge in [-0.05, 0) is 72.6 Å². The minimum atomic E-state index is -0.667. The highest BCUT2D eigenvalue weighted by atomic mass is 32.1. The molecule has 4 aromatic carbocycles. The number of para-hydroxylation sites is 1. The van der Waals surface area contributed by atoms with Crippen LogP contribution in [0.1, 0.15) is 45.2 Å². The Hall–Kier alpha value is -5.94. The maximum atomic E-state index is 13.8. The van der Waals surface area contributed by atoms with Crippen LogP contribution in [0.3, 0.4) is 0 Å². The van der Waals surface area contributed by atoms with Crippen LogP contribution in [-0.4, -0.2) is 115 Å². The van der Waals surface area contributed by atoms with Crippen molar-refractivity contribution < 1.29 is 75.9 Å². The van der Waals surface area contributed by atoms with Gasteiger partial charge in [-0.25, -0.2) is 19.6 Å². The molecule has 20 heteroatoms. The molecule has 0 saturated carbocycles. The zero-order chi connectivity index (χ0) is 44.4. The normalized spacial score (nSPS) is 19.2. The monoisotopic (exact) mass is 915 g/mol. The van der Waals surface area contributed by atoms with E-state index in [1.165, 1.54) is 23.5 Å². The fourth-order valence-corrected chi connectivity index (χ4v) is 6.89. The predicted molar refractivity (Wildman–Crippen MR) is 228 cm³/mol. The van der Waals surface area contributed by atoms with Crippen molar-refractivity contribution in [1.82, 2.24) is 4.98 Å². The summed E-state index contributed by atoms with van der Waals surface area (Å²) in [7, 11) is 0. The zero-order valence-electron chi connectivity index (χ0n) is 35.2. The molecule has 9 rings (SSSR count). The van der Waals surface area contributed by atoms with Crippen LogP contribution in [0.25, 0.3) is 10.2 Å². The second-order valence-electron chi connectivity index (χ2n) is 14.6. The summed E-state index contributed by atoms with van der Waals surface area (Å²) in [6.45, 7) is 4.22. The van der Waals surface area contributed by atoms with Crippen molar-refractivity contribution in [1.29, 1.82) is 0 Å². The van der Waals surface area contributed by atoms with E-state index in [4.69, 9.17) is 76.4 Å². The number of epoxide rings is 4. The number of hydrogen-bond acceptors (Lipinski definition) is 20. The van der Waals surface area contributed by atoms with E-state index in [0.29, 0.717) is 61.6 Å². The molecule has 0 aliphatic carbocycles. The molecule has 65 heavy (non-hydrogen) atoms. The Labute approximate surface area is 376 Å². The highest BCUT2D eigenvalue weighted by molar-refractivity contribution is 7.22. The standard InChI is InChI=1S/C45H45N3O16S/c1-2-14-48(45-47-32-5-3-4-6-38(32)65-45)46-19-31-16-28(13-15-51-43(49)29-8-11-34(56-24-60-39-20-52-39)36(17-29)58-26-62-41-22-54-41)7-10-33(31)64-44(50)30-9-12-35(57-25-61-40-21-53-40)37(18-30)59-27-63-42-23-55-42/h3-12,16-19,39-42H,2,13-15,20-27H2,1H3/b46-19+. The number of anilines is 1. The molecule has 0 amide bonds. The predicted octanol–water partition coefficient (Wildman–Crippen LogP) is 6.00. The number of carbonyl (C=O) groups excluding carboxylic acids is 2. The Bertz CT molecular complexity index is 2420. The molecule has 4 atom stereocenters. The van der Waals surface area contributed by atoms with E-state index in [0.717, 1.165) is 22.2 Å². The molecule has 4 saturated heterocycles. The second kappa shape index (κ2) is 21.4. The first-order valence-electron chi connectivity index (χ1n) is 20.9. The number of esters is 2. The second-order valence-corrected chi connectivity index (χ2v) is 15.6. The van der Waals surface area contributed by atoms with Crippen LogP contribution >= 0.6 is 11.3 Å². The lowest BCUT2D eigenvalue weighted by Gasteiger charge is -2.16. The molecule has 342 valence electrons. The minimum absolute atomic E-state index is 0.0283. The van der Waals surface area contributed by atoms with Gasteiger partial charge in [0.05, 0.1) is 34.2 Å². The van der Waals surface area contributed by atoms with Gasteiger partial charge in [-0.15, -0.1) is 0 Å². The molecular weight excluding hydrogens is 871 g/mol. The summed E-state index contributed by atoms with van der Waals surface area (Å²) in [6.07, 6.45) is 1.48. The fourth-order valence-electron chi connectivity index (χ4n) is 5.94. The number of nitrogens with zero attached hydrogens (tertiary/aromatic N) is 3. The van der Waals surface area contributed by atoms with Crippen LogP contribution in [0.2, 0.25) is 0 Å². The molecule has 0 bridgehead atoms. The minimum Gasteiger partial charge on any atom is -0.464 e. The van der Waals surface area contributed by atoms with Crippen molar-refractivity contribution in [2.75, 3.05) is 71.8 Å². The molecule has 0 N–H and O–H groups in total. The number of rotatable bonds is 27. The molecule has 4 aliphatic rings. The van der Waals surface area contributed by atoms with E-state index >= 15 is 0 Å². The van der Waals surface area contributed by atoms with E-state index in [-0.39, 0.29) is 87.3 Å². The van der Waals surface area contributed by atoms with Gasteiger partial charge in [-0.2, -0.15) is 5.10 Å². The molecule has 4 fully saturated rings. The summed E-state index contributed by atoms with van der Waals surface area (Å²) < 4.78 is 77.8. The van der Waals surface area contributed by atoms with E-state index in [9.17, 15) is 9.59 Å². The number of carbonyl (C=O) groups is 2. The number of aromatic nitrogens is 1. The number of thiazole rings is 1. The third kappa shape index (κ3) is 13.1. The molecule has 1 aromatic heterocycles. The van der Waals surface area contributed by atoms with Crippen LogP contribution in [0.5, 0.6) is 28.7 Å². The van der Waals surface area contributed by atoms with Crippen LogP contribution in [0.4, 0.5) is 5.13 Å². The summed E-state index contributed by atoms with van der Waals surface area (Å²) in [5.41, 5.74) is 2.56. The van der Waals surface area contributed by atoms with Gasteiger partial charge in [0.2, 0.25) is 5.13 Å². The SMILES string of the molecule is CCCN(/N=C/c1cc(CCOC(=O)c2ccc(OCOC3CO3)c(OCOC3CO3)c2)ccc1OC(=O)c1ccc(OCOC2CO2)c(OCOC2CO2)c1)c1nc2ccccc2s1. The van der Waals surface area contributed by atoms with Crippen molar-refractivity contribution in [3.8, 4) is 28.7 Å². The fraction of sp³-hybridized carbons (Fsp3) is 0.378. The van der Waals surface area contributed by atoms with Gasteiger partial charge < -0.3 is 66.3 Å². The molecular formula is C45H45N3O16S. The van der Waals surface area contributed by atoms with E-state index in [1.807, 2.05) is 35.3 Å². The third-order valence-corrected chi connectivity index (χ3v) is 10.7. The number of ether oxygens (including phenoxy) is 14. The Morgan fingerprint density at radius 1 is 0.692 bits per heavy atom. The van der Waals surface area contributed by atoms with Crippen molar-refractivity contribution in [3.05, 3.63) is 101 Å². The zero-order valence-corrected chi connectivity index (χ0v) is 36.0. The van der Waals surface area contributed by atoms with Crippen LogP contribution in [0, 0.1) is 0 Å². The number of hydrazone groups is 1. The summed E-state index contributed by atoms with van der Waals surface area (Å²) in [5.74, 6) is 0.153. The summed E-state index contributed by atoms with van der Waals surface area (Å²) >= 11 is 1.52. The molecule has 0 radical (unpaired) electrons. The van der Waals surface area contributed by atoms with Crippen LogP contribution < -0.4 is 28.7 Å². The molecule has 5 heterocycles. The quantitative estimate of drug-likeness (QED) is 0.0148. The van der Waals surface area contributed by atoms with Crippen LogP contribution in [0.15, 0.2) is 84.0 Å². The van der Waals surface area contributed by atoms with Gasteiger partial charge >= 0.3 is 11.9 Å². The van der Waals surface area contributed by atoms with Crippen LogP contribution in [-0.2, 0) is 49.1 Å². The summed E-state index contributed by atoms with van der Waals surface area (Å²) in [4.78, 5) is 31.9. The summed E-state index contributed by atoms with van der Waals surface area (Å²) in [5, 5.41) is 7.36. The topological polar surface area (TPSA) is 205 Å². The van der Waals surface area contributed by atoms with E-state index in [2.05, 4.69) is 6.92 Å². The first kappa shape index (κ1) is 44.3. The Kier molecular flexibility index (Phi) is 14.6. The van der Waals surface area contributed by atoms with Gasteiger partial charge in [0.1, 0.15) is 32.2 Å². The van der Waals surface area contributed by atoms with Gasteiger partial charge in [-0.3, -0.25) is 0 Å². The van der Waals surface area contributed by atoms with Gasteiger partial charge in [0, 0.05) is 18.5 Å². The first-order valence-corrected chi connectivity index (χ1v) is 21.7. The highest BCUT2D eigenvalue weighted by Gasteiger charge is 2.27. The summed E-state index contributed by atoms with van der Waals surface area (Å²) in [6, 6.07) is 22.5. The largest absolute Gasteiger partial charge is 0.464 e. The third-order valence-electron chi connectivity index (χ3n) is 9.62. The van der Waals surface area contributed by atoms with E-state index in [1.54, 1.807) is 42.6 Å². The highest BCUT2D eigenvalue weighted by Crippen LogP contribution is 2.33. The number of hydrogen-bond donors (Lipinski definition) is 0. The Morgan fingerprint density at radius 3 is 1.78 bits per heavy atom. The lowest BCUT2D eigenvalue weighted by Crippen LogP contribution is -2.17.